The fourth-order valence-electron chi connectivity index (χ4n) is 2.01. The number of carboxylic acids is 1. The summed E-state index contributed by atoms with van der Waals surface area (Å²) >= 11 is 4.72. The molecule has 8 heteroatoms. The van der Waals surface area contributed by atoms with Gasteiger partial charge in [-0.3, -0.25) is 4.79 Å². The van der Waals surface area contributed by atoms with Gasteiger partial charge in [-0.25, -0.2) is 4.98 Å². The lowest BCUT2D eigenvalue weighted by atomic mass is 9.68. The SMILES string of the molecule is CC1(C)OB(C(CC(=O)O)c2csc(Br)n2)OC1(C)C. The van der Waals surface area contributed by atoms with Gasteiger partial charge in [0.25, 0.3) is 0 Å². The van der Waals surface area contributed by atoms with Crippen LogP contribution in [-0.2, 0) is 14.1 Å². The fourth-order valence-corrected chi connectivity index (χ4v) is 3.10. The summed E-state index contributed by atoms with van der Waals surface area (Å²) in [6.45, 7) is 7.78. The van der Waals surface area contributed by atoms with Crippen LogP contribution >= 0.6 is 27.3 Å². The lowest BCUT2D eigenvalue weighted by Gasteiger charge is -2.32. The Morgan fingerprint density at radius 1 is 1.45 bits per heavy atom. The van der Waals surface area contributed by atoms with Crippen LogP contribution in [0.15, 0.2) is 9.30 Å². The van der Waals surface area contributed by atoms with Crippen LogP contribution < -0.4 is 0 Å². The van der Waals surface area contributed by atoms with E-state index >= 15 is 0 Å². The molecule has 1 aliphatic heterocycles. The molecule has 2 heterocycles. The second-order valence-corrected chi connectivity index (χ2v) is 7.99. The van der Waals surface area contributed by atoms with Gasteiger partial charge in [0.1, 0.15) is 0 Å². The Bertz CT molecular complexity index is 503. The molecule has 2 rings (SSSR count). The first kappa shape index (κ1) is 15.9. The van der Waals surface area contributed by atoms with Crippen LogP contribution in [0.4, 0.5) is 0 Å². The predicted octanol–water partition coefficient (Wildman–Crippen LogP) is 3.10. The van der Waals surface area contributed by atoms with Crippen molar-refractivity contribution in [3.8, 4) is 0 Å². The van der Waals surface area contributed by atoms with Crippen LogP contribution in [0.2, 0.25) is 0 Å². The molecule has 110 valence electrons. The number of halogens is 1. The van der Waals surface area contributed by atoms with Gasteiger partial charge in [-0.05, 0) is 43.6 Å². The van der Waals surface area contributed by atoms with E-state index in [-0.39, 0.29) is 6.42 Å². The zero-order valence-corrected chi connectivity index (χ0v) is 14.2. The normalized spacial score (nSPS) is 21.9. The lowest BCUT2D eigenvalue weighted by Crippen LogP contribution is -2.41. The van der Waals surface area contributed by atoms with Gasteiger partial charge in [0.2, 0.25) is 0 Å². The number of rotatable bonds is 4. The van der Waals surface area contributed by atoms with E-state index in [0.29, 0.717) is 5.69 Å². The number of aromatic nitrogens is 1. The van der Waals surface area contributed by atoms with E-state index < -0.39 is 30.1 Å². The Hall–Kier alpha value is -0.435. The van der Waals surface area contributed by atoms with Gasteiger partial charge >= 0.3 is 13.1 Å². The molecule has 1 unspecified atom stereocenters. The van der Waals surface area contributed by atoms with E-state index in [4.69, 9.17) is 14.4 Å². The Labute approximate surface area is 131 Å². The minimum atomic E-state index is -0.895. The van der Waals surface area contributed by atoms with Crippen molar-refractivity contribution in [2.24, 2.45) is 0 Å². The van der Waals surface area contributed by atoms with Gasteiger partial charge < -0.3 is 14.4 Å². The summed E-state index contributed by atoms with van der Waals surface area (Å²) in [7, 11) is -0.606. The van der Waals surface area contributed by atoms with Gasteiger partial charge in [0.05, 0.1) is 23.3 Å². The first-order valence-corrected chi connectivity index (χ1v) is 7.98. The zero-order chi connectivity index (χ0) is 15.1. The van der Waals surface area contributed by atoms with Gasteiger partial charge in [-0.2, -0.15) is 0 Å². The van der Waals surface area contributed by atoms with Gasteiger partial charge in [0.15, 0.2) is 3.92 Å². The summed E-state index contributed by atoms with van der Waals surface area (Å²) in [5.74, 6) is -1.31. The van der Waals surface area contributed by atoms with E-state index in [0.717, 1.165) is 3.92 Å². The van der Waals surface area contributed by atoms with Crippen molar-refractivity contribution in [2.45, 2.75) is 51.1 Å². The molecule has 20 heavy (non-hydrogen) atoms. The standard InChI is InChI=1S/C12H17BBrNO4S/c1-11(2)12(3,4)19-13(18-11)7(5-9(16)17)8-6-20-10(14)15-8/h6-7H,5H2,1-4H3,(H,16,17). The number of thiazole rings is 1. The van der Waals surface area contributed by atoms with E-state index in [1.807, 2.05) is 33.1 Å². The molecular weight excluding hydrogens is 345 g/mol. The molecule has 0 bridgehead atoms. The Kier molecular flexibility index (Phi) is 4.31. The van der Waals surface area contributed by atoms with Crippen molar-refractivity contribution < 1.29 is 19.2 Å². The maximum absolute atomic E-state index is 11.1. The van der Waals surface area contributed by atoms with Crippen molar-refractivity contribution >= 4 is 40.4 Å². The van der Waals surface area contributed by atoms with Crippen molar-refractivity contribution in [2.75, 3.05) is 0 Å². The number of carboxylic acid groups (broad SMARTS) is 1. The molecule has 1 aromatic heterocycles. The zero-order valence-electron chi connectivity index (χ0n) is 11.8. The van der Waals surface area contributed by atoms with Gasteiger partial charge in [0, 0.05) is 11.2 Å². The van der Waals surface area contributed by atoms with E-state index in [1.54, 1.807) is 0 Å². The average molecular weight is 362 g/mol. The van der Waals surface area contributed by atoms with Crippen LogP contribution in [0.3, 0.4) is 0 Å². The third-order valence-electron chi connectivity index (χ3n) is 3.87. The van der Waals surface area contributed by atoms with E-state index in [1.165, 1.54) is 11.3 Å². The second-order valence-electron chi connectivity index (χ2n) is 5.85. The number of carbonyl (C=O) groups is 1. The molecule has 1 fully saturated rings. The monoisotopic (exact) mass is 361 g/mol. The van der Waals surface area contributed by atoms with Crippen LogP contribution in [0.1, 0.15) is 45.6 Å². The molecule has 5 nitrogen and oxygen atoms in total. The number of nitrogens with zero attached hydrogens (tertiary/aromatic N) is 1. The van der Waals surface area contributed by atoms with Crippen molar-refractivity contribution in [1.82, 2.24) is 4.98 Å². The third kappa shape index (κ3) is 3.08. The highest BCUT2D eigenvalue weighted by Gasteiger charge is 2.54. The minimum absolute atomic E-state index is 0.0764. The summed E-state index contributed by atoms with van der Waals surface area (Å²) in [5.41, 5.74) is -0.286. The van der Waals surface area contributed by atoms with Crippen LogP contribution in [-0.4, -0.2) is 34.4 Å². The first-order valence-electron chi connectivity index (χ1n) is 6.31. The molecule has 1 aliphatic rings. The van der Waals surface area contributed by atoms with Crippen molar-refractivity contribution in [3.05, 3.63) is 15.0 Å². The largest absolute Gasteiger partial charge is 0.481 e. The highest BCUT2D eigenvalue weighted by Crippen LogP contribution is 2.42. The molecule has 0 radical (unpaired) electrons. The third-order valence-corrected chi connectivity index (χ3v) is 5.25. The molecule has 1 saturated heterocycles. The van der Waals surface area contributed by atoms with Crippen molar-refractivity contribution in [3.63, 3.8) is 0 Å². The number of hydrogen-bond donors (Lipinski definition) is 1. The highest BCUT2D eigenvalue weighted by molar-refractivity contribution is 9.11. The van der Waals surface area contributed by atoms with Crippen LogP contribution in [0.25, 0.3) is 0 Å². The van der Waals surface area contributed by atoms with Crippen LogP contribution in [0.5, 0.6) is 0 Å². The summed E-state index contributed by atoms with van der Waals surface area (Å²) in [6.07, 6.45) is -0.0764. The van der Waals surface area contributed by atoms with E-state index in [9.17, 15) is 4.79 Å². The van der Waals surface area contributed by atoms with Crippen molar-refractivity contribution in [1.29, 1.82) is 0 Å². The molecule has 1 N–H and O–H groups in total. The average Bonchev–Trinajstić information content (AvgIpc) is 2.78. The molecule has 1 aromatic rings. The maximum Gasteiger partial charge on any atom is 0.468 e. The Morgan fingerprint density at radius 3 is 2.40 bits per heavy atom. The predicted molar refractivity (Wildman–Crippen MR) is 80.9 cm³/mol. The molecule has 0 amide bonds. The summed E-state index contributed by atoms with van der Waals surface area (Å²) in [5, 5.41) is 11.0. The quantitative estimate of drug-likeness (QED) is 0.834. The lowest BCUT2D eigenvalue weighted by molar-refractivity contribution is -0.137. The number of aliphatic carboxylic acids is 1. The minimum Gasteiger partial charge on any atom is -0.481 e. The summed E-state index contributed by atoms with van der Waals surface area (Å²) < 4.78 is 12.6. The maximum atomic E-state index is 11.1. The number of hydrogen-bond acceptors (Lipinski definition) is 5. The van der Waals surface area contributed by atoms with Gasteiger partial charge in [-0.1, -0.05) is 0 Å². The molecule has 0 spiro atoms. The second kappa shape index (κ2) is 5.40. The fraction of sp³-hybridized carbons (Fsp3) is 0.667. The smallest absolute Gasteiger partial charge is 0.468 e. The van der Waals surface area contributed by atoms with Crippen LogP contribution in [0, 0.1) is 0 Å². The van der Waals surface area contributed by atoms with E-state index in [2.05, 4.69) is 20.9 Å². The summed E-state index contributed by atoms with van der Waals surface area (Å²) in [6, 6.07) is 0. The van der Waals surface area contributed by atoms with Gasteiger partial charge in [-0.15, -0.1) is 11.3 Å². The molecular formula is C12H17BBrNO4S. The Balaban J connectivity index is 2.27. The Morgan fingerprint density at radius 2 is 2.00 bits per heavy atom. The highest BCUT2D eigenvalue weighted by atomic mass is 79.9. The molecule has 0 saturated carbocycles. The molecule has 0 aliphatic carbocycles. The molecule has 0 aromatic carbocycles. The summed E-state index contributed by atoms with van der Waals surface area (Å²) in [4.78, 5) is 15.4. The topological polar surface area (TPSA) is 68.7 Å². The molecule has 1 atom stereocenters. The first-order chi connectivity index (χ1) is 9.12.